The second-order valence-corrected chi connectivity index (χ2v) is 6.39. The third kappa shape index (κ3) is 3.40. The fraction of sp³-hybridized carbons (Fsp3) is 0.643. The first-order chi connectivity index (χ1) is 10.9. The average molecular weight is 424 g/mol. The zero-order chi connectivity index (χ0) is 18.3. The van der Waals surface area contributed by atoms with Crippen LogP contribution in [0.3, 0.4) is 0 Å². The molecule has 1 atom stereocenters. The molecule has 1 aliphatic rings. The summed E-state index contributed by atoms with van der Waals surface area (Å²) in [4.78, 5) is 3.23. The Morgan fingerprint density at radius 1 is 1.17 bits per heavy atom. The molecule has 1 aromatic rings. The molecule has 136 valence electrons. The molecular weight excluding hydrogens is 411 g/mol. The molecule has 1 saturated heterocycles. The first-order valence-electron chi connectivity index (χ1n) is 6.98. The van der Waals surface area contributed by atoms with Gasteiger partial charge < -0.3 is 4.74 Å². The topological polar surface area (TPSA) is 22.1 Å². The summed E-state index contributed by atoms with van der Waals surface area (Å²) in [5.41, 5.74) is -7.58. The van der Waals surface area contributed by atoms with Crippen LogP contribution in [0.4, 0.5) is 30.7 Å². The van der Waals surface area contributed by atoms with Crippen LogP contribution in [0.15, 0.2) is 10.7 Å². The molecule has 0 amide bonds. The van der Waals surface area contributed by atoms with E-state index in [1.165, 1.54) is 13.0 Å². The van der Waals surface area contributed by atoms with E-state index in [4.69, 9.17) is 4.74 Å². The molecule has 2 heterocycles. The molecule has 0 spiro atoms. The minimum absolute atomic E-state index is 0.0814. The fourth-order valence-corrected chi connectivity index (χ4v) is 3.18. The summed E-state index contributed by atoms with van der Waals surface area (Å²) in [6.07, 6.45) is -12.1. The quantitative estimate of drug-likeness (QED) is 0.494. The number of ether oxygens (including phenoxy) is 1. The highest BCUT2D eigenvalue weighted by Crippen LogP contribution is 2.54. The maximum Gasteiger partial charge on any atom is 0.437 e. The average Bonchev–Trinajstić information content (AvgIpc) is 2.91. The minimum atomic E-state index is -6.20. The molecule has 2 rings (SSSR count). The van der Waals surface area contributed by atoms with Crippen molar-refractivity contribution in [3.8, 4) is 0 Å². The van der Waals surface area contributed by atoms with Crippen molar-refractivity contribution in [3.05, 3.63) is 27.5 Å². The highest BCUT2D eigenvalue weighted by molar-refractivity contribution is 9.10. The summed E-state index contributed by atoms with van der Waals surface area (Å²) < 4.78 is 97.8. The SMILES string of the molecule is Cc1cc(Br)nc(C(F)(C(F)(F)F)C(F)(F)F)c1CC1CCCO1. The van der Waals surface area contributed by atoms with E-state index >= 15 is 0 Å². The number of hydrogen-bond acceptors (Lipinski definition) is 2. The number of hydrogen-bond donors (Lipinski definition) is 0. The second kappa shape index (κ2) is 6.44. The van der Waals surface area contributed by atoms with Crippen LogP contribution in [0.25, 0.3) is 0 Å². The molecule has 2 nitrogen and oxygen atoms in total. The Labute approximate surface area is 141 Å². The molecule has 24 heavy (non-hydrogen) atoms. The predicted molar refractivity (Wildman–Crippen MR) is 74.2 cm³/mol. The van der Waals surface area contributed by atoms with Crippen molar-refractivity contribution in [2.45, 2.75) is 50.3 Å². The number of aromatic nitrogens is 1. The molecule has 0 N–H and O–H groups in total. The van der Waals surface area contributed by atoms with E-state index in [0.717, 1.165) is 0 Å². The third-order valence-corrected chi connectivity index (χ3v) is 4.29. The Kier molecular flexibility index (Phi) is 5.21. The molecule has 1 fully saturated rings. The number of rotatable bonds is 3. The largest absolute Gasteiger partial charge is 0.437 e. The molecule has 0 bridgehead atoms. The summed E-state index contributed by atoms with van der Waals surface area (Å²) in [6, 6.07) is 1.25. The van der Waals surface area contributed by atoms with Crippen LogP contribution in [0.5, 0.6) is 0 Å². The Balaban J connectivity index is 2.65. The third-order valence-electron chi connectivity index (χ3n) is 3.88. The van der Waals surface area contributed by atoms with Gasteiger partial charge in [0.25, 0.3) is 0 Å². The van der Waals surface area contributed by atoms with E-state index in [1.54, 1.807) is 0 Å². The zero-order valence-corrected chi connectivity index (χ0v) is 13.9. The van der Waals surface area contributed by atoms with Crippen LogP contribution in [-0.2, 0) is 16.8 Å². The highest BCUT2D eigenvalue weighted by Gasteiger charge is 2.75. The van der Waals surface area contributed by atoms with Crippen LogP contribution in [0.2, 0.25) is 0 Å². The summed E-state index contributed by atoms with van der Waals surface area (Å²) in [5, 5.41) is 0. The molecule has 0 saturated carbocycles. The molecule has 1 aromatic heterocycles. The van der Waals surface area contributed by atoms with E-state index in [0.29, 0.717) is 19.4 Å². The number of aryl methyl sites for hydroxylation is 1. The van der Waals surface area contributed by atoms with E-state index in [9.17, 15) is 30.7 Å². The zero-order valence-electron chi connectivity index (χ0n) is 12.4. The van der Waals surface area contributed by atoms with Gasteiger partial charge in [0.1, 0.15) is 10.3 Å². The van der Waals surface area contributed by atoms with Crippen molar-refractivity contribution in [1.29, 1.82) is 0 Å². The van der Waals surface area contributed by atoms with Crippen LogP contribution < -0.4 is 0 Å². The van der Waals surface area contributed by atoms with Crippen molar-refractivity contribution in [2.24, 2.45) is 0 Å². The van der Waals surface area contributed by atoms with E-state index < -0.39 is 35.4 Å². The molecule has 0 radical (unpaired) electrons. The number of pyridine rings is 1. The van der Waals surface area contributed by atoms with Gasteiger partial charge in [-0.1, -0.05) is 0 Å². The van der Waals surface area contributed by atoms with Crippen LogP contribution >= 0.6 is 15.9 Å². The molecule has 1 unspecified atom stereocenters. The molecule has 1 aliphatic heterocycles. The molecule has 0 aliphatic carbocycles. The number of nitrogens with zero attached hydrogens (tertiary/aromatic N) is 1. The highest BCUT2D eigenvalue weighted by atomic mass is 79.9. The second-order valence-electron chi connectivity index (χ2n) is 5.58. The first kappa shape index (κ1) is 19.4. The van der Waals surface area contributed by atoms with Gasteiger partial charge in [-0.15, -0.1) is 0 Å². The van der Waals surface area contributed by atoms with Gasteiger partial charge in [-0.3, -0.25) is 0 Å². The molecular formula is C14H13BrF7NO. The van der Waals surface area contributed by atoms with Gasteiger partial charge in [-0.25, -0.2) is 9.37 Å². The fourth-order valence-electron chi connectivity index (χ4n) is 2.66. The van der Waals surface area contributed by atoms with Gasteiger partial charge in [-0.05, 0) is 52.9 Å². The minimum Gasteiger partial charge on any atom is -0.378 e. The maximum absolute atomic E-state index is 14.5. The summed E-state index contributed by atoms with van der Waals surface area (Å²) in [5.74, 6) is 0. The lowest BCUT2D eigenvalue weighted by molar-refractivity contribution is -0.350. The van der Waals surface area contributed by atoms with Crippen molar-refractivity contribution >= 4 is 15.9 Å². The predicted octanol–water partition coefficient (Wildman–Crippen LogP) is 5.16. The number of halogens is 8. The summed E-state index contributed by atoms with van der Waals surface area (Å²) in [6.45, 7) is 1.68. The van der Waals surface area contributed by atoms with Gasteiger partial charge in [0.2, 0.25) is 0 Å². The monoisotopic (exact) mass is 423 g/mol. The van der Waals surface area contributed by atoms with Crippen LogP contribution in [-0.4, -0.2) is 30.0 Å². The van der Waals surface area contributed by atoms with E-state index in [2.05, 4.69) is 20.9 Å². The van der Waals surface area contributed by atoms with Gasteiger partial charge in [0, 0.05) is 13.0 Å². The van der Waals surface area contributed by atoms with E-state index in [1.807, 2.05) is 0 Å². The lowest BCUT2D eigenvalue weighted by atomic mass is 9.90. The van der Waals surface area contributed by atoms with Crippen molar-refractivity contribution in [2.75, 3.05) is 6.61 Å². The molecule has 0 aromatic carbocycles. The summed E-state index contributed by atoms with van der Waals surface area (Å²) >= 11 is 2.74. The normalized spacial score (nSPS) is 19.8. The Hall–Kier alpha value is -0.900. The lowest BCUT2D eigenvalue weighted by Gasteiger charge is -2.32. The van der Waals surface area contributed by atoms with E-state index in [-0.39, 0.29) is 16.6 Å². The van der Waals surface area contributed by atoms with Gasteiger partial charge in [0.05, 0.1) is 6.10 Å². The number of alkyl halides is 7. The van der Waals surface area contributed by atoms with Crippen molar-refractivity contribution in [1.82, 2.24) is 4.98 Å². The lowest BCUT2D eigenvalue weighted by Crippen LogP contribution is -2.51. The Morgan fingerprint density at radius 2 is 1.75 bits per heavy atom. The maximum atomic E-state index is 14.5. The smallest absolute Gasteiger partial charge is 0.378 e. The van der Waals surface area contributed by atoms with Gasteiger partial charge in [-0.2, -0.15) is 26.3 Å². The van der Waals surface area contributed by atoms with Crippen LogP contribution in [0.1, 0.15) is 29.7 Å². The van der Waals surface area contributed by atoms with Gasteiger partial charge >= 0.3 is 18.0 Å². The molecule has 10 heteroatoms. The first-order valence-corrected chi connectivity index (χ1v) is 7.77. The Bertz CT molecular complexity index is 594. The standard InChI is InChI=1S/C14H13BrF7NO/c1-7-5-10(15)23-11(9(7)6-8-3-2-4-24-8)12(16,13(17,18)19)14(20,21)22/h5,8H,2-4,6H2,1H3. The summed E-state index contributed by atoms with van der Waals surface area (Å²) in [7, 11) is 0. The Morgan fingerprint density at radius 3 is 2.21 bits per heavy atom. The van der Waals surface area contributed by atoms with Gasteiger partial charge in [0.15, 0.2) is 0 Å². The van der Waals surface area contributed by atoms with Crippen LogP contribution in [0, 0.1) is 6.92 Å². The van der Waals surface area contributed by atoms with Crippen molar-refractivity contribution < 1.29 is 35.5 Å². The van der Waals surface area contributed by atoms with Crippen molar-refractivity contribution in [3.63, 3.8) is 0 Å².